The number of hydrogen-bond acceptors (Lipinski definition) is 4. The minimum atomic E-state index is -0.492. The molecule has 1 aromatic heterocycles. The second-order valence-corrected chi connectivity index (χ2v) is 5.80. The van der Waals surface area contributed by atoms with Crippen molar-refractivity contribution in [1.82, 2.24) is 14.9 Å². The van der Waals surface area contributed by atoms with Crippen LogP contribution < -0.4 is 10.5 Å². The van der Waals surface area contributed by atoms with E-state index in [-0.39, 0.29) is 0 Å². The largest absolute Gasteiger partial charge is 0.491 e. The standard InChI is InChI=1S/C18H20N4O2/c1-22(2)10-11-24-15-9-4-3-6-12(15)18-20-14-8-5-7-13(17(19)23)16(14)21-18/h3-9H,10-11H2,1-2H3,(H2,19,23)(H,20,21). The number of rotatable bonds is 6. The molecule has 24 heavy (non-hydrogen) atoms. The Morgan fingerprint density at radius 2 is 2.00 bits per heavy atom. The Bertz CT molecular complexity index is 870. The molecule has 0 atom stereocenters. The van der Waals surface area contributed by atoms with Crippen molar-refractivity contribution >= 4 is 16.9 Å². The van der Waals surface area contributed by atoms with Crippen LogP contribution in [0.25, 0.3) is 22.4 Å². The Balaban J connectivity index is 1.99. The second-order valence-electron chi connectivity index (χ2n) is 5.80. The van der Waals surface area contributed by atoms with Crippen LogP contribution in [0.1, 0.15) is 10.4 Å². The fourth-order valence-corrected chi connectivity index (χ4v) is 2.48. The SMILES string of the molecule is CN(C)CCOc1ccccc1-c1nc2c(C(N)=O)cccc2[nH]1. The van der Waals surface area contributed by atoms with E-state index in [1.807, 2.05) is 44.4 Å². The zero-order chi connectivity index (χ0) is 17.1. The molecule has 124 valence electrons. The summed E-state index contributed by atoms with van der Waals surface area (Å²) in [5, 5.41) is 0. The molecule has 3 rings (SSSR count). The third-order valence-corrected chi connectivity index (χ3v) is 3.72. The molecule has 3 N–H and O–H groups in total. The van der Waals surface area contributed by atoms with E-state index in [0.717, 1.165) is 23.4 Å². The number of likely N-dealkylation sites (N-methyl/N-ethyl adjacent to an activating group) is 1. The summed E-state index contributed by atoms with van der Waals surface area (Å²) in [4.78, 5) is 21.4. The molecule has 2 aromatic carbocycles. The van der Waals surface area contributed by atoms with Crippen molar-refractivity contribution in [1.29, 1.82) is 0 Å². The molecule has 3 aromatic rings. The number of aromatic nitrogens is 2. The fraction of sp³-hybridized carbons (Fsp3) is 0.222. The summed E-state index contributed by atoms with van der Waals surface area (Å²) < 4.78 is 5.88. The quantitative estimate of drug-likeness (QED) is 0.728. The summed E-state index contributed by atoms with van der Waals surface area (Å²) in [5.41, 5.74) is 8.02. The predicted molar refractivity (Wildman–Crippen MR) is 94.1 cm³/mol. The number of hydrogen-bond donors (Lipinski definition) is 2. The van der Waals surface area contributed by atoms with Gasteiger partial charge in [0.25, 0.3) is 5.91 Å². The summed E-state index contributed by atoms with van der Waals surface area (Å²) in [6.45, 7) is 1.40. The van der Waals surface area contributed by atoms with Gasteiger partial charge in [0.1, 0.15) is 23.7 Å². The number of para-hydroxylation sites is 2. The molecule has 6 heteroatoms. The molecular weight excluding hydrogens is 304 g/mol. The van der Waals surface area contributed by atoms with Crippen molar-refractivity contribution in [2.45, 2.75) is 0 Å². The van der Waals surface area contributed by atoms with E-state index < -0.39 is 5.91 Å². The zero-order valence-electron chi connectivity index (χ0n) is 13.7. The van der Waals surface area contributed by atoms with Crippen LogP contribution in [-0.4, -0.2) is 48.0 Å². The maximum absolute atomic E-state index is 11.6. The first-order chi connectivity index (χ1) is 11.6. The molecule has 0 spiro atoms. The lowest BCUT2D eigenvalue weighted by molar-refractivity contribution is 0.100. The van der Waals surface area contributed by atoms with Gasteiger partial charge in [-0.1, -0.05) is 18.2 Å². The predicted octanol–water partition coefficient (Wildman–Crippen LogP) is 2.27. The van der Waals surface area contributed by atoms with Crippen LogP contribution in [0, 0.1) is 0 Å². The number of fused-ring (bicyclic) bond motifs is 1. The van der Waals surface area contributed by atoms with Crippen molar-refractivity contribution < 1.29 is 9.53 Å². The molecule has 0 saturated carbocycles. The third-order valence-electron chi connectivity index (χ3n) is 3.72. The van der Waals surface area contributed by atoms with Crippen LogP contribution in [0.3, 0.4) is 0 Å². The summed E-state index contributed by atoms with van der Waals surface area (Å²) in [6, 6.07) is 13.0. The van der Waals surface area contributed by atoms with E-state index in [2.05, 4.69) is 14.9 Å². The lowest BCUT2D eigenvalue weighted by Gasteiger charge is -2.13. The Labute approximate surface area is 140 Å². The van der Waals surface area contributed by atoms with Gasteiger partial charge in [0.05, 0.1) is 16.6 Å². The number of primary amides is 1. The number of aromatic amines is 1. The maximum Gasteiger partial charge on any atom is 0.250 e. The smallest absolute Gasteiger partial charge is 0.250 e. The molecule has 0 fully saturated rings. The van der Waals surface area contributed by atoms with Gasteiger partial charge >= 0.3 is 0 Å². The highest BCUT2D eigenvalue weighted by Crippen LogP contribution is 2.30. The van der Waals surface area contributed by atoms with Crippen molar-refractivity contribution in [3.05, 3.63) is 48.0 Å². The molecule has 1 amide bonds. The number of nitrogens with zero attached hydrogens (tertiary/aromatic N) is 2. The average Bonchev–Trinajstić information content (AvgIpc) is 2.98. The van der Waals surface area contributed by atoms with Crippen LogP contribution in [0.4, 0.5) is 0 Å². The first-order valence-electron chi connectivity index (χ1n) is 7.71. The summed E-state index contributed by atoms with van der Waals surface area (Å²) in [5.74, 6) is 0.910. The Morgan fingerprint density at radius 1 is 1.21 bits per heavy atom. The molecule has 0 aliphatic heterocycles. The lowest BCUT2D eigenvalue weighted by Crippen LogP contribution is -2.19. The van der Waals surface area contributed by atoms with Crippen LogP contribution in [-0.2, 0) is 0 Å². The number of H-pyrrole nitrogens is 1. The monoisotopic (exact) mass is 324 g/mol. The van der Waals surface area contributed by atoms with E-state index in [1.165, 1.54) is 0 Å². The molecule has 0 aliphatic carbocycles. The van der Waals surface area contributed by atoms with Crippen LogP contribution in [0.15, 0.2) is 42.5 Å². The topological polar surface area (TPSA) is 84.2 Å². The lowest BCUT2D eigenvalue weighted by atomic mass is 10.2. The molecule has 0 bridgehead atoms. The second kappa shape index (κ2) is 6.72. The Kier molecular flexibility index (Phi) is 4.48. The highest BCUT2D eigenvalue weighted by Gasteiger charge is 2.14. The number of nitrogens with two attached hydrogens (primary N) is 1. The number of benzene rings is 2. The van der Waals surface area contributed by atoms with Gasteiger partial charge in [0.15, 0.2) is 0 Å². The molecule has 1 heterocycles. The third kappa shape index (κ3) is 3.23. The van der Waals surface area contributed by atoms with Crippen molar-refractivity contribution in [2.24, 2.45) is 5.73 Å². The number of carbonyl (C=O) groups excluding carboxylic acids is 1. The van der Waals surface area contributed by atoms with E-state index >= 15 is 0 Å². The molecule has 0 aliphatic rings. The normalized spacial score (nSPS) is 11.1. The Hall–Kier alpha value is -2.86. The van der Waals surface area contributed by atoms with Gasteiger partial charge < -0.3 is 20.4 Å². The minimum absolute atomic E-state index is 0.404. The number of amides is 1. The van der Waals surface area contributed by atoms with Crippen LogP contribution in [0.5, 0.6) is 5.75 Å². The molecule has 0 unspecified atom stereocenters. The van der Waals surface area contributed by atoms with Crippen LogP contribution >= 0.6 is 0 Å². The number of carbonyl (C=O) groups is 1. The van der Waals surface area contributed by atoms with E-state index in [0.29, 0.717) is 23.5 Å². The van der Waals surface area contributed by atoms with Gasteiger partial charge in [0.2, 0.25) is 0 Å². The van der Waals surface area contributed by atoms with E-state index in [9.17, 15) is 4.79 Å². The highest BCUT2D eigenvalue weighted by molar-refractivity contribution is 6.04. The van der Waals surface area contributed by atoms with Gasteiger partial charge in [-0.2, -0.15) is 0 Å². The van der Waals surface area contributed by atoms with Crippen molar-refractivity contribution in [2.75, 3.05) is 27.2 Å². The molecule has 0 radical (unpaired) electrons. The summed E-state index contributed by atoms with van der Waals surface area (Å²) in [6.07, 6.45) is 0. The summed E-state index contributed by atoms with van der Waals surface area (Å²) >= 11 is 0. The average molecular weight is 324 g/mol. The zero-order valence-corrected chi connectivity index (χ0v) is 13.7. The highest BCUT2D eigenvalue weighted by atomic mass is 16.5. The Morgan fingerprint density at radius 3 is 2.75 bits per heavy atom. The molecule has 6 nitrogen and oxygen atoms in total. The molecule has 0 saturated heterocycles. The molecular formula is C18H20N4O2. The minimum Gasteiger partial charge on any atom is -0.491 e. The summed E-state index contributed by atoms with van der Waals surface area (Å²) in [7, 11) is 4.00. The van der Waals surface area contributed by atoms with Gasteiger partial charge in [-0.05, 0) is 38.4 Å². The van der Waals surface area contributed by atoms with E-state index in [1.54, 1.807) is 12.1 Å². The maximum atomic E-state index is 11.6. The van der Waals surface area contributed by atoms with Gasteiger partial charge in [-0.15, -0.1) is 0 Å². The first kappa shape index (κ1) is 16.0. The van der Waals surface area contributed by atoms with Crippen molar-refractivity contribution in [3.63, 3.8) is 0 Å². The first-order valence-corrected chi connectivity index (χ1v) is 7.71. The van der Waals surface area contributed by atoms with Crippen molar-refractivity contribution in [3.8, 4) is 17.1 Å². The van der Waals surface area contributed by atoms with Gasteiger partial charge in [-0.3, -0.25) is 4.79 Å². The van der Waals surface area contributed by atoms with Gasteiger partial charge in [0, 0.05) is 6.54 Å². The van der Waals surface area contributed by atoms with Gasteiger partial charge in [-0.25, -0.2) is 4.98 Å². The van der Waals surface area contributed by atoms with Crippen LogP contribution in [0.2, 0.25) is 0 Å². The van der Waals surface area contributed by atoms with E-state index in [4.69, 9.17) is 10.5 Å². The number of ether oxygens (including phenoxy) is 1. The fourth-order valence-electron chi connectivity index (χ4n) is 2.48. The number of imidazole rings is 1. The number of nitrogens with one attached hydrogen (secondary N) is 1.